The largest absolute Gasteiger partial charge is 0.381 e. The Bertz CT molecular complexity index is 222. The molecule has 0 unspecified atom stereocenters. The first-order chi connectivity index (χ1) is 8.29. The molecular formula is C14H28N2O. The van der Waals surface area contributed by atoms with Crippen molar-refractivity contribution < 1.29 is 4.74 Å². The Kier molecular flexibility index (Phi) is 4.83. The molecule has 0 bridgehead atoms. The first-order valence-corrected chi connectivity index (χ1v) is 7.32. The van der Waals surface area contributed by atoms with Crippen molar-refractivity contribution in [3.63, 3.8) is 0 Å². The topological polar surface area (TPSA) is 24.5 Å². The zero-order valence-corrected chi connectivity index (χ0v) is 11.5. The molecule has 0 aromatic heterocycles. The summed E-state index contributed by atoms with van der Waals surface area (Å²) in [7, 11) is 0. The van der Waals surface area contributed by atoms with E-state index in [9.17, 15) is 0 Å². The van der Waals surface area contributed by atoms with Gasteiger partial charge in [0.15, 0.2) is 0 Å². The van der Waals surface area contributed by atoms with Crippen LogP contribution in [0.1, 0.15) is 39.5 Å². The van der Waals surface area contributed by atoms with Gasteiger partial charge in [-0.15, -0.1) is 0 Å². The van der Waals surface area contributed by atoms with Crippen LogP contribution in [0, 0.1) is 5.41 Å². The van der Waals surface area contributed by atoms with Gasteiger partial charge < -0.3 is 15.0 Å². The van der Waals surface area contributed by atoms with Gasteiger partial charge in [0.1, 0.15) is 0 Å². The molecule has 0 spiro atoms. The first kappa shape index (κ1) is 13.3. The second-order valence-corrected chi connectivity index (χ2v) is 5.69. The van der Waals surface area contributed by atoms with Gasteiger partial charge in [0.05, 0.1) is 0 Å². The number of nitrogens with zero attached hydrogens (tertiary/aromatic N) is 1. The molecule has 1 saturated heterocycles. The molecule has 3 nitrogen and oxygen atoms in total. The predicted molar refractivity (Wildman–Crippen MR) is 71.3 cm³/mol. The number of ether oxygens (including phenoxy) is 1. The third-order valence-electron chi connectivity index (χ3n) is 4.31. The fourth-order valence-corrected chi connectivity index (χ4v) is 2.95. The van der Waals surface area contributed by atoms with Crippen molar-refractivity contribution in [2.45, 2.75) is 45.6 Å². The number of hydrogen-bond acceptors (Lipinski definition) is 3. The molecule has 1 aliphatic heterocycles. The minimum Gasteiger partial charge on any atom is -0.381 e. The third-order valence-corrected chi connectivity index (χ3v) is 4.31. The highest BCUT2D eigenvalue weighted by Crippen LogP contribution is 2.35. The van der Waals surface area contributed by atoms with Crippen molar-refractivity contribution in [2.75, 3.05) is 39.4 Å². The first-order valence-electron chi connectivity index (χ1n) is 7.32. The van der Waals surface area contributed by atoms with Crippen LogP contribution in [0.4, 0.5) is 0 Å². The van der Waals surface area contributed by atoms with Crippen molar-refractivity contribution >= 4 is 0 Å². The lowest BCUT2D eigenvalue weighted by atomic mass is 9.79. The molecular weight excluding hydrogens is 212 g/mol. The summed E-state index contributed by atoms with van der Waals surface area (Å²) in [4.78, 5) is 2.70. The summed E-state index contributed by atoms with van der Waals surface area (Å²) in [6.45, 7) is 11.1. The van der Waals surface area contributed by atoms with Gasteiger partial charge in [-0.3, -0.25) is 0 Å². The fourth-order valence-electron chi connectivity index (χ4n) is 2.95. The SMILES string of the molecule is CCNCC1(CN(CC)C2CC2)CCOCC1. The summed E-state index contributed by atoms with van der Waals surface area (Å²) in [6, 6.07) is 0.890. The van der Waals surface area contributed by atoms with Crippen molar-refractivity contribution in [1.29, 1.82) is 0 Å². The zero-order chi connectivity index (χ0) is 12.1. The van der Waals surface area contributed by atoms with Crippen molar-refractivity contribution in [1.82, 2.24) is 10.2 Å². The van der Waals surface area contributed by atoms with Gasteiger partial charge in [0.2, 0.25) is 0 Å². The second-order valence-electron chi connectivity index (χ2n) is 5.69. The molecule has 1 N–H and O–H groups in total. The monoisotopic (exact) mass is 240 g/mol. The van der Waals surface area contributed by atoms with E-state index in [0.717, 1.165) is 32.3 Å². The van der Waals surface area contributed by atoms with E-state index in [4.69, 9.17) is 4.74 Å². The summed E-state index contributed by atoms with van der Waals surface area (Å²) in [5.74, 6) is 0. The van der Waals surface area contributed by atoms with Crippen LogP contribution < -0.4 is 5.32 Å². The van der Waals surface area contributed by atoms with Crippen LogP contribution in [0.25, 0.3) is 0 Å². The van der Waals surface area contributed by atoms with Gasteiger partial charge in [0.25, 0.3) is 0 Å². The summed E-state index contributed by atoms with van der Waals surface area (Å²) >= 11 is 0. The normalized spacial score (nSPS) is 24.2. The number of nitrogens with one attached hydrogen (secondary N) is 1. The molecule has 0 radical (unpaired) electrons. The number of rotatable bonds is 7. The van der Waals surface area contributed by atoms with Crippen LogP contribution in [0.2, 0.25) is 0 Å². The standard InChI is InChI=1S/C14H28N2O/c1-3-15-11-14(7-9-17-10-8-14)12-16(4-2)13-5-6-13/h13,15H,3-12H2,1-2H3. The van der Waals surface area contributed by atoms with Crippen molar-refractivity contribution in [2.24, 2.45) is 5.41 Å². The maximum atomic E-state index is 5.55. The van der Waals surface area contributed by atoms with Crippen LogP contribution in [0.15, 0.2) is 0 Å². The molecule has 0 aromatic carbocycles. The molecule has 2 rings (SSSR count). The predicted octanol–water partition coefficient (Wildman–Crippen LogP) is 1.88. The Morgan fingerprint density at radius 1 is 1.24 bits per heavy atom. The maximum Gasteiger partial charge on any atom is 0.0472 e. The lowest BCUT2D eigenvalue weighted by molar-refractivity contribution is -0.00478. The van der Waals surface area contributed by atoms with E-state index in [2.05, 4.69) is 24.1 Å². The summed E-state index contributed by atoms with van der Waals surface area (Å²) in [6.07, 6.45) is 5.29. The quantitative estimate of drug-likeness (QED) is 0.735. The Morgan fingerprint density at radius 2 is 1.94 bits per heavy atom. The highest BCUT2D eigenvalue weighted by molar-refractivity contribution is 4.92. The van der Waals surface area contributed by atoms with Crippen molar-refractivity contribution in [3.8, 4) is 0 Å². The summed E-state index contributed by atoms with van der Waals surface area (Å²) < 4.78 is 5.55. The van der Waals surface area contributed by atoms with Crippen LogP contribution in [-0.4, -0.2) is 50.3 Å². The molecule has 2 aliphatic rings. The molecule has 0 aromatic rings. The van der Waals surface area contributed by atoms with Crippen molar-refractivity contribution in [3.05, 3.63) is 0 Å². The van der Waals surface area contributed by atoms with Crippen LogP contribution in [0.3, 0.4) is 0 Å². The van der Waals surface area contributed by atoms with Gasteiger partial charge in [-0.05, 0) is 44.2 Å². The van der Waals surface area contributed by atoms with Gasteiger partial charge >= 0.3 is 0 Å². The Balaban J connectivity index is 1.92. The van der Waals surface area contributed by atoms with E-state index in [1.165, 1.54) is 38.8 Å². The molecule has 100 valence electrons. The average molecular weight is 240 g/mol. The third kappa shape index (κ3) is 3.67. The fraction of sp³-hybridized carbons (Fsp3) is 1.00. The van der Waals surface area contributed by atoms with Gasteiger partial charge in [-0.2, -0.15) is 0 Å². The highest BCUT2D eigenvalue weighted by atomic mass is 16.5. The van der Waals surface area contributed by atoms with E-state index in [0.29, 0.717) is 5.41 Å². The molecule has 1 saturated carbocycles. The molecule has 0 amide bonds. The Labute approximate surface area is 106 Å². The van der Waals surface area contributed by atoms with E-state index >= 15 is 0 Å². The summed E-state index contributed by atoms with van der Waals surface area (Å²) in [5, 5.41) is 3.57. The van der Waals surface area contributed by atoms with Crippen LogP contribution >= 0.6 is 0 Å². The molecule has 0 atom stereocenters. The summed E-state index contributed by atoms with van der Waals surface area (Å²) in [5.41, 5.74) is 0.465. The minimum absolute atomic E-state index is 0.465. The second kappa shape index (κ2) is 6.17. The maximum absolute atomic E-state index is 5.55. The Morgan fingerprint density at radius 3 is 2.47 bits per heavy atom. The Hall–Kier alpha value is -0.120. The van der Waals surface area contributed by atoms with Gasteiger partial charge in [-0.25, -0.2) is 0 Å². The lowest BCUT2D eigenvalue weighted by Gasteiger charge is -2.41. The van der Waals surface area contributed by atoms with Crippen LogP contribution in [-0.2, 0) is 4.74 Å². The zero-order valence-electron chi connectivity index (χ0n) is 11.5. The molecule has 1 aliphatic carbocycles. The average Bonchev–Trinajstić information content (AvgIpc) is 3.19. The van der Waals surface area contributed by atoms with Gasteiger partial charge in [0, 0.05) is 32.3 Å². The lowest BCUT2D eigenvalue weighted by Crippen LogP contribution is -2.48. The highest BCUT2D eigenvalue weighted by Gasteiger charge is 2.37. The number of hydrogen-bond donors (Lipinski definition) is 1. The molecule has 2 fully saturated rings. The van der Waals surface area contributed by atoms with Crippen LogP contribution in [0.5, 0.6) is 0 Å². The van der Waals surface area contributed by atoms with E-state index in [1.54, 1.807) is 0 Å². The van der Waals surface area contributed by atoms with E-state index in [1.807, 2.05) is 0 Å². The molecule has 17 heavy (non-hydrogen) atoms. The smallest absolute Gasteiger partial charge is 0.0472 e. The molecule has 1 heterocycles. The van der Waals surface area contributed by atoms with E-state index < -0.39 is 0 Å². The minimum atomic E-state index is 0.465. The van der Waals surface area contributed by atoms with Gasteiger partial charge in [-0.1, -0.05) is 13.8 Å². The molecule has 3 heteroatoms. The van der Waals surface area contributed by atoms with E-state index in [-0.39, 0.29) is 0 Å².